The van der Waals surface area contributed by atoms with Crippen LogP contribution in [0.3, 0.4) is 0 Å². The van der Waals surface area contributed by atoms with Crippen LogP contribution in [0.4, 0.5) is 0 Å². The van der Waals surface area contributed by atoms with Crippen LogP contribution in [0.2, 0.25) is 0 Å². The Morgan fingerprint density at radius 2 is 2.21 bits per heavy atom. The first kappa shape index (κ1) is 8.62. The number of aromatic carboxylic acids is 1. The SMILES string of the molecule is COc1ccc2c(C(=O)O)ccn2c1. The molecule has 0 radical (unpaired) electrons. The van der Waals surface area contributed by atoms with E-state index in [2.05, 4.69) is 0 Å². The summed E-state index contributed by atoms with van der Waals surface area (Å²) in [4.78, 5) is 10.8. The molecule has 0 saturated carbocycles. The number of aromatic nitrogens is 1. The van der Waals surface area contributed by atoms with Crippen molar-refractivity contribution in [3.05, 3.63) is 36.2 Å². The Morgan fingerprint density at radius 1 is 1.43 bits per heavy atom. The summed E-state index contributed by atoms with van der Waals surface area (Å²) in [7, 11) is 1.57. The molecule has 14 heavy (non-hydrogen) atoms. The van der Waals surface area contributed by atoms with Crippen molar-refractivity contribution in [2.45, 2.75) is 0 Å². The van der Waals surface area contributed by atoms with Gasteiger partial charge in [-0.05, 0) is 18.2 Å². The number of methoxy groups -OCH3 is 1. The number of hydrogen-bond donors (Lipinski definition) is 1. The molecule has 4 heteroatoms. The predicted octanol–water partition coefficient (Wildman–Crippen LogP) is 1.65. The fourth-order valence-electron chi connectivity index (χ4n) is 1.39. The molecule has 4 nitrogen and oxygen atoms in total. The second-order valence-electron chi connectivity index (χ2n) is 2.90. The number of rotatable bonds is 2. The molecule has 0 aliphatic rings. The molecular weight excluding hydrogens is 182 g/mol. The van der Waals surface area contributed by atoms with E-state index in [-0.39, 0.29) is 0 Å². The Morgan fingerprint density at radius 3 is 2.86 bits per heavy atom. The highest BCUT2D eigenvalue weighted by Crippen LogP contribution is 2.17. The summed E-state index contributed by atoms with van der Waals surface area (Å²) in [5, 5.41) is 8.85. The van der Waals surface area contributed by atoms with Crippen LogP contribution in [-0.2, 0) is 0 Å². The molecule has 2 aromatic heterocycles. The monoisotopic (exact) mass is 191 g/mol. The van der Waals surface area contributed by atoms with E-state index in [1.165, 1.54) is 0 Å². The van der Waals surface area contributed by atoms with Gasteiger partial charge in [0.25, 0.3) is 0 Å². The molecule has 2 heterocycles. The lowest BCUT2D eigenvalue weighted by Crippen LogP contribution is -1.95. The normalized spacial score (nSPS) is 10.4. The van der Waals surface area contributed by atoms with Crippen LogP contribution in [0.15, 0.2) is 30.6 Å². The van der Waals surface area contributed by atoms with Crippen molar-refractivity contribution in [1.29, 1.82) is 0 Å². The maximum atomic E-state index is 10.8. The lowest BCUT2D eigenvalue weighted by atomic mass is 10.2. The minimum Gasteiger partial charge on any atom is -0.495 e. The first-order valence-electron chi connectivity index (χ1n) is 4.10. The van der Waals surface area contributed by atoms with Gasteiger partial charge in [0.1, 0.15) is 5.75 Å². The molecule has 0 aliphatic carbocycles. The van der Waals surface area contributed by atoms with E-state index >= 15 is 0 Å². The molecule has 0 fully saturated rings. The number of hydrogen-bond acceptors (Lipinski definition) is 2. The van der Waals surface area contributed by atoms with E-state index < -0.39 is 5.97 Å². The molecule has 0 aromatic carbocycles. The highest BCUT2D eigenvalue weighted by atomic mass is 16.5. The largest absolute Gasteiger partial charge is 0.495 e. The lowest BCUT2D eigenvalue weighted by Gasteiger charge is -2.01. The molecule has 0 aliphatic heterocycles. The van der Waals surface area contributed by atoms with Gasteiger partial charge < -0.3 is 14.2 Å². The summed E-state index contributed by atoms with van der Waals surface area (Å²) in [5.74, 6) is -0.220. The second-order valence-corrected chi connectivity index (χ2v) is 2.90. The number of pyridine rings is 1. The number of carboxylic acids is 1. The third-order valence-electron chi connectivity index (χ3n) is 2.09. The number of carboxylic acid groups (broad SMARTS) is 1. The van der Waals surface area contributed by atoms with E-state index in [1.54, 1.807) is 42.1 Å². The van der Waals surface area contributed by atoms with Crippen molar-refractivity contribution >= 4 is 11.5 Å². The van der Waals surface area contributed by atoms with Crippen LogP contribution in [-0.4, -0.2) is 22.6 Å². The molecule has 0 spiro atoms. The van der Waals surface area contributed by atoms with Crippen molar-refractivity contribution in [2.75, 3.05) is 7.11 Å². The van der Waals surface area contributed by atoms with Crippen molar-refractivity contribution in [3.63, 3.8) is 0 Å². The van der Waals surface area contributed by atoms with Crippen molar-refractivity contribution in [1.82, 2.24) is 4.40 Å². The number of carbonyl (C=O) groups is 1. The zero-order valence-electron chi connectivity index (χ0n) is 7.60. The third-order valence-corrected chi connectivity index (χ3v) is 2.09. The predicted molar refractivity (Wildman–Crippen MR) is 50.9 cm³/mol. The Hall–Kier alpha value is -1.97. The third kappa shape index (κ3) is 1.21. The van der Waals surface area contributed by atoms with Gasteiger partial charge in [0.05, 0.1) is 24.4 Å². The van der Waals surface area contributed by atoms with Gasteiger partial charge in [0, 0.05) is 6.20 Å². The van der Waals surface area contributed by atoms with E-state index in [1.807, 2.05) is 0 Å². The second kappa shape index (κ2) is 3.06. The molecule has 72 valence electrons. The molecule has 0 saturated heterocycles. The minimum absolute atomic E-state index is 0.299. The maximum absolute atomic E-state index is 10.8. The zero-order valence-corrected chi connectivity index (χ0v) is 7.60. The van der Waals surface area contributed by atoms with Crippen LogP contribution in [0.25, 0.3) is 5.52 Å². The van der Waals surface area contributed by atoms with Crippen LogP contribution >= 0.6 is 0 Å². The van der Waals surface area contributed by atoms with E-state index in [0.29, 0.717) is 16.8 Å². The van der Waals surface area contributed by atoms with E-state index in [4.69, 9.17) is 9.84 Å². The fraction of sp³-hybridized carbons (Fsp3) is 0.100. The molecule has 2 rings (SSSR count). The average molecular weight is 191 g/mol. The Kier molecular flexibility index (Phi) is 1.89. The first-order valence-corrected chi connectivity index (χ1v) is 4.10. The highest BCUT2D eigenvalue weighted by Gasteiger charge is 2.09. The molecular formula is C10H9NO3. The molecule has 0 amide bonds. The number of fused-ring (bicyclic) bond motifs is 1. The number of nitrogens with zero attached hydrogens (tertiary/aromatic N) is 1. The highest BCUT2D eigenvalue weighted by molar-refractivity contribution is 5.95. The fourth-order valence-corrected chi connectivity index (χ4v) is 1.39. The first-order chi connectivity index (χ1) is 6.72. The van der Waals surface area contributed by atoms with Gasteiger partial charge in [-0.2, -0.15) is 0 Å². The molecule has 2 aromatic rings. The van der Waals surface area contributed by atoms with Gasteiger partial charge in [-0.1, -0.05) is 0 Å². The zero-order chi connectivity index (χ0) is 10.1. The Balaban J connectivity index is 2.65. The van der Waals surface area contributed by atoms with Crippen LogP contribution in [0.5, 0.6) is 5.75 Å². The van der Waals surface area contributed by atoms with Gasteiger partial charge in [-0.3, -0.25) is 0 Å². The van der Waals surface area contributed by atoms with Crippen molar-refractivity contribution in [3.8, 4) is 5.75 Å². The number of ether oxygens (including phenoxy) is 1. The molecule has 0 bridgehead atoms. The molecule has 0 atom stereocenters. The maximum Gasteiger partial charge on any atom is 0.337 e. The van der Waals surface area contributed by atoms with Crippen LogP contribution in [0, 0.1) is 0 Å². The summed E-state index contributed by atoms with van der Waals surface area (Å²) < 4.78 is 6.75. The summed E-state index contributed by atoms with van der Waals surface area (Å²) in [5.41, 5.74) is 0.964. The Bertz CT molecular complexity index is 487. The lowest BCUT2D eigenvalue weighted by molar-refractivity contribution is 0.0699. The standard InChI is InChI=1S/C10H9NO3/c1-14-7-2-3-9-8(10(12)13)4-5-11(9)6-7/h2-6H,1H3,(H,12,13). The minimum atomic E-state index is -0.919. The Labute approximate surface area is 80.3 Å². The van der Waals surface area contributed by atoms with Crippen LogP contribution in [0.1, 0.15) is 10.4 Å². The van der Waals surface area contributed by atoms with Gasteiger partial charge in [0.15, 0.2) is 0 Å². The molecule has 1 N–H and O–H groups in total. The van der Waals surface area contributed by atoms with Crippen LogP contribution < -0.4 is 4.74 Å². The quantitative estimate of drug-likeness (QED) is 0.785. The van der Waals surface area contributed by atoms with Gasteiger partial charge >= 0.3 is 5.97 Å². The van der Waals surface area contributed by atoms with E-state index in [0.717, 1.165) is 0 Å². The van der Waals surface area contributed by atoms with Gasteiger partial charge in [0.2, 0.25) is 0 Å². The average Bonchev–Trinajstić information content (AvgIpc) is 2.59. The van der Waals surface area contributed by atoms with Crippen molar-refractivity contribution in [2.24, 2.45) is 0 Å². The summed E-state index contributed by atoms with van der Waals surface area (Å²) in [6, 6.07) is 5.03. The summed E-state index contributed by atoms with van der Waals surface area (Å²) in [6.07, 6.45) is 3.43. The smallest absolute Gasteiger partial charge is 0.337 e. The molecule has 0 unspecified atom stereocenters. The summed E-state index contributed by atoms with van der Waals surface area (Å²) >= 11 is 0. The van der Waals surface area contributed by atoms with Gasteiger partial charge in [-0.25, -0.2) is 4.79 Å². The van der Waals surface area contributed by atoms with Crippen molar-refractivity contribution < 1.29 is 14.6 Å². The topological polar surface area (TPSA) is 50.9 Å². The summed E-state index contributed by atoms with van der Waals surface area (Å²) in [6.45, 7) is 0. The van der Waals surface area contributed by atoms with E-state index in [9.17, 15) is 4.79 Å². The van der Waals surface area contributed by atoms with Gasteiger partial charge in [-0.15, -0.1) is 0 Å².